The van der Waals surface area contributed by atoms with Crippen LogP contribution in [0.15, 0.2) is 30.5 Å². The van der Waals surface area contributed by atoms with Crippen LogP contribution >= 0.6 is 0 Å². The lowest BCUT2D eigenvalue weighted by atomic mass is 10.1. The molecule has 0 spiro atoms. The lowest BCUT2D eigenvalue weighted by Crippen LogP contribution is -2.28. The van der Waals surface area contributed by atoms with Gasteiger partial charge in [-0.25, -0.2) is 0 Å². The van der Waals surface area contributed by atoms with E-state index < -0.39 is 15.6 Å². The zero-order valence-electron chi connectivity index (χ0n) is 10.6. The second-order valence-corrected chi connectivity index (χ2v) is 6.41. The molecule has 0 unspecified atom stereocenters. The van der Waals surface area contributed by atoms with Gasteiger partial charge >= 0.3 is 15.6 Å². The molecule has 1 saturated carbocycles. The van der Waals surface area contributed by atoms with Crippen LogP contribution in [0.1, 0.15) is 24.5 Å². The molecule has 3 rings (SSSR count). The van der Waals surface area contributed by atoms with Crippen molar-refractivity contribution in [3.05, 3.63) is 36.2 Å². The molecule has 1 fully saturated rings. The monoisotopic (exact) mass is 317 g/mol. The standard InChI is InChI=1S/C13H10F3NO3S/c14-13(15,16)21(18,19)20-11-4-3-9-7-17-12(8-1-2-8)6-10(9)5-11/h3-8H,1-2H2. The van der Waals surface area contributed by atoms with Gasteiger partial charge in [-0.15, -0.1) is 0 Å². The first-order valence-electron chi connectivity index (χ1n) is 6.17. The van der Waals surface area contributed by atoms with E-state index in [0.717, 1.165) is 18.5 Å². The van der Waals surface area contributed by atoms with Crippen LogP contribution in [-0.4, -0.2) is 18.9 Å². The summed E-state index contributed by atoms with van der Waals surface area (Å²) in [5, 5.41) is 1.30. The molecule has 21 heavy (non-hydrogen) atoms. The number of rotatable bonds is 3. The number of hydrogen-bond acceptors (Lipinski definition) is 4. The average Bonchev–Trinajstić information content (AvgIpc) is 3.20. The summed E-state index contributed by atoms with van der Waals surface area (Å²) in [6, 6.07) is 5.66. The zero-order valence-corrected chi connectivity index (χ0v) is 11.4. The van der Waals surface area contributed by atoms with E-state index in [-0.39, 0.29) is 5.75 Å². The van der Waals surface area contributed by atoms with Crippen molar-refractivity contribution in [3.8, 4) is 5.75 Å². The van der Waals surface area contributed by atoms with Gasteiger partial charge in [-0.3, -0.25) is 4.98 Å². The van der Waals surface area contributed by atoms with Gasteiger partial charge in [0.2, 0.25) is 0 Å². The number of nitrogens with zero attached hydrogens (tertiary/aromatic N) is 1. The third-order valence-corrected chi connectivity index (χ3v) is 4.18. The van der Waals surface area contributed by atoms with E-state index in [9.17, 15) is 21.6 Å². The molecule has 2 aromatic rings. The Hall–Kier alpha value is -1.83. The Labute approximate surface area is 118 Å². The summed E-state index contributed by atoms with van der Waals surface area (Å²) in [5.74, 6) is 0.0191. The number of pyridine rings is 1. The molecule has 0 aliphatic heterocycles. The number of aromatic nitrogens is 1. The molecule has 8 heteroatoms. The first kappa shape index (κ1) is 14.1. The molecule has 1 aliphatic carbocycles. The quantitative estimate of drug-likeness (QED) is 0.643. The van der Waals surface area contributed by atoms with Crippen molar-refractivity contribution in [2.75, 3.05) is 0 Å². The van der Waals surface area contributed by atoms with Gasteiger partial charge in [0.15, 0.2) is 0 Å². The highest BCUT2D eigenvalue weighted by atomic mass is 32.2. The normalized spacial score (nSPS) is 16.1. The lowest BCUT2D eigenvalue weighted by Gasteiger charge is -2.10. The Bertz CT molecular complexity index is 798. The topological polar surface area (TPSA) is 56.3 Å². The largest absolute Gasteiger partial charge is 0.534 e. The van der Waals surface area contributed by atoms with Crippen molar-refractivity contribution in [2.24, 2.45) is 0 Å². The molecule has 0 radical (unpaired) electrons. The Morgan fingerprint density at radius 1 is 1.14 bits per heavy atom. The summed E-state index contributed by atoms with van der Waals surface area (Å²) in [4.78, 5) is 4.27. The van der Waals surface area contributed by atoms with Crippen molar-refractivity contribution in [1.82, 2.24) is 4.98 Å². The first-order valence-corrected chi connectivity index (χ1v) is 7.57. The predicted octanol–water partition coefficient (Wildman–Crippen LogP) is 3.34. The van der Waals surface area contributed by atoms with E-state index in [4.69, 9.17) is 0 Å². The maximum atomic E-state index is 12.3. The van der Waals surface area contributed by atoms with Gasteiger partial charge in [0.25, 0.3) is 0 Å². The van der Waals surface area contributed by atoms with E-state index in [1.54, 1.807) is 12.3 Å². The van der Waals surface area contributed by atoms with Crippen LogP contribution in [0.5, 0.6) is 5.75 Å². The van der Waals surface area contributed by atoms with Crippen LogP contribution in [0.3, 0.4) is 0 Å². The maximum Gasteiger partial charge on any atom is 0.534 e. The Kier molecular flexibility index (Phi) is 3.09. The van der Waals surface area contributed by atoms with Gasteiger partial charge in [0.1, 0.15) is 5.75 Å². The van der Waals surface area contributed by atoms with Crippen molar-refractivity contribution >= 4 is 20.9 Å². The molecule has 0 atom stereocenters. The molecule has 0 bridgehead atoms. The number of alkyl halides is 3. The second kappa shape index (κ2) is 4.59. The molecule has 0 N–H and O–H groups in total. The van der Waals surface area contributed by atoms with Crippen molar-refractivity contribution in [3.63, 3.8) is 0 Å². The lowest BCUT2D eigenvalue weighted by molar-refractivity contribution is -0.0500. The fraction of sp³-hybridized carbons (Fsp3) is 0.308. The summed E-state index contributed by atoms with van der Waals surface area (Å²) in [6.07, 6.45) is 3.69. The molecule has 112 valence electrons. The van der Waals surface area contributed by atoms with E-state index >= 15 is 0 Å². The molecule has 0 saturated heterocycles. The van der Waals surface area contributed by atoms with Crippen LogP contribution in [-0.2, 0) is 10.1 Å². The van der Waals surface area contributed by atoms with Gasteiger partial charge in [0.05, 0.1) is 0 Å². The van der Waals surface area contributed by atoms with Crippen molar-refractivity contribution < 1.29 is 25.8 Å². The molecular weight excluding hydrogens is 307 g/mol. The van der Waals surface area contributed by atoms with Crippen molar-refractivity contribution in [1.29, 1.82) is 0 Å². The highest BCUT2D eigenvalue weighted by Gasteiger charge is 2.48. The van der Waals surface area contributed by atoms with Crippen LogP contribution < -0.4 is 4.18 Å². The maximum absolute atomic E-state index is 12.3. The second-order valence-electron chi connectivity index (χ2n) is 4.88. The van der Waals surface area contributed by atoms with Gasteiger partial charge in [-0.2, -0.15) is 21.6 Å². The fourth-order valence-electron chi connectivity index (χ4n) is 1.96. The van der Waals surface area contributed by atoms with E-state index in [0.29, 0.717) is 16.7 Å². The van der Waals surface area contributed by atoms with Gasteiger partial charge < -0.3 is 4.18 Å². The molecule has 1 heterocycles. The van der Waals surface area contributed by atoms with E-state index in [2.05, 4.69) is 9.17 Å². The molecule has 4 nitrogen and oxygen atoms in total. The first-order chi connectivity index (χ1) is 9.76. The highest BCUT2D eigenvalue weighted by molar-refractivity contribution is 7.88. The van der Waals surface area contributed by atoms with Gasteiger partial charge in [0, 0.05) is 23.2 Å². The average molecular weight is 317 g/mol. The molecule has 1 aliphatic rings. The highest BCUT2D eigenvalue weighted by Crippen LogP contribution is 2.40. The summed E-state index contributed by atoms with van der Waals surface area (Å²) >= 11 is 0. The van der Waals surface area contributed by atoms with Crippen LogP contribution in [0.25, 0.3) is 10.8 Å². The van der Waals surface area contributed by atoms with Gasteiger partial charge in [-0.1, -0.05) is 0 Å². The SMILES string of the molecule is O=S(=O)(Oc1ccc2cnc(C3CC3)cc2c1)C(F)(F)F. The third kappa shape index (κ3) is 2.80. The predicted molar refractivity (Wildman–Crippen MR) is 69.3 cm³/mol. The molecular formula is C13H10F3NO3S. The van der Waals surface area contributed by atoms with Crippen LogP contribution in [0, 0.1) is 0 Å². The summed E-state index contributed by atoms with van der Waals surface area (Å²) in [7, 11) is -5.65. The third-order valence-electron chi connectivity index (χ3n) is 3.20. The van der Waals surface area contributed by atoms with Gasteiger partial charge in [-0.05, 0) is 42.5 Å². The minimum atomic E-state index is -5.65. The van der Waals surface area contributed by atoms with E-state index in [1.165, 1.54) is 18.2 Å². The number of fused-ring (bicyclic) bond motifs is 1. The summed E-state index contributed by atoms with van der Waals surface area (Å²) < 4.78 is 62.9. The minimum absolute atomic E-state index is 0.368. The van der Waals surface area contributed by atoms with Crippen LogP contribution in [0.4, 0.5) is 13.2 Å². The molecule has 0 amide bonds. The Morgan fingerprint density at radius 2 is 1.86 bits per heavy atom. The summed E-state index contributed by atoms with van der Waals surface area (Å²) in [6.45, 7) is 0. The smallest absolute Gasteiger partial charge is 0.376 e. The Morgan fingerprint density at radius 3 is 2.48 bits per heavy atom. The van der Waals surface area contributed by atoms with E-state index in [1.807, 2.05) is 0 Å². The number of benzene rings is 1. The van der Waals surface area contributed by atoms with Crippen molar-refractivity contribution in [2.45, 2.75) is 24.3 Å². The molecule has 1 aromatic heterocycles. The fourth-order valence-corrected chi connectivity index (χ4v) is 2.42. The Balaban J connectivity index is 1.96. The molecule has 1 aromatic carbocycles. The summed E-state index contributed by atoms with van der Waals surface area (Å²) in [5.41, 5.74) is -4.59. The zero-order chi connectivity index (χ0) is 15.3. The van der Waals surface area contributed by atoms with Crippen LogP contribution in [0.2, 0.25) is 0 Å². The number of halogens is 3. The minimum Gasteiger partial charge on any atom is -0.376 e. The number of hydrogen-bond donors (Lipinski definition) is 0.